The van der Waals surface area contributed by atoms with Gasteiger partial charge in [0.05, 0.1) is 13.3 Å². The standard InChI is InChI=1S/C16H20N6O3/c1-25-11-6-10(7-17-8-11)13-18-9-12-14(20-13)22(15(23)19-12)16(24)21-4-2-3-5-21/h6-8,12-13,18H,2-5,9H2,1H3,(H,19,23). The molecule has 0 aliphatic carbocycles. The van der Waals surface area contributed by atoms with E-state index in [9.17, 15) is 9.59 Å². The lowest BCUT2D eigenvalue weighted by Crippen LogP contribution is -2.49. The maximum Gasteiger partial charge on any atom is 0.333 e. The topological polar surface area (TPSA) is 99.2 Å². The summed E-state index contributed by atoms with van der Waals surface area (Å²) in [6.07, 6.45) is 4.87. The number of carbonyl (C=O) groups is 2. The Balaban J connectivity index is 1.63. The van der Waals surface area contributed by atoms with E-state index in [1.165, 1.54) is 4.90 Å². The molecule has 25 heavy (non-hydrogen) atoms. The van der Waals surface area contributed by atoms with Gasteiger partial charge >= 0.3 is 12.1 Å². The minimum Gasteiger partial charge on any atom is -0.495 e. The average molecular weight is 344 g/mol. The molecule has 3 aliphatic rings. The Morgan fingerprint density at radius 3 is 2.88 bits per heavy atom. The van der Waals surface area contributed by atoms with E-state index in [0.29, 0.717) is 31.2 Å². The number of ether oxygens (including phenoxy) is 1. The van der Waals surface area contributed by atoms with Gasteiger partial charge in [-0.2, -0.15) is 4.90 Å². The van der Waals surface area contributed by atoms with Crippen molar-refractivity contribution in [3.63, 3.8) is 0 Å². The van der Waals surface area contributed by atoms with Crippen LogP contribution in [-0.2, 0) is 0 Å². The highest BCUT2D eigenvalue weighted by atomic mass is 16.5. The lowest BCUT2D eigenvalue weighted by atomic mass is 10.1. The van der Waals surface area contributed by atoms with Crippen molar-refractivity contribution < 1.29 is 14.3 Å². The number of imide groups is 1. The SMILES string of the molecule is COc1cncc(C2N=C3C(CN2)NC(=O)N3C(=O)N2CCCC2)c1. The van der Waals surface area contributed by atoms with Crippen LogP contribution < -0.4 is 15.4 Å². The molecule has 9 heteroatoms. The molecule has 0 saturated carbocycles. The molecule has 2 atom stereocenters. The Bertz CT molecular complexity index is 730. The molecular formula is C16H20N6O3. The van der Waals surface area contributed by atoms with E-state index in [1.807, 2.05) is 6.07 Å². The van der Waals surface area contributed by atoms with Crippen LogP contribution in [0.4, 0.5) is 9.59 Å². The summed E-state index contributed by atoms with van der Waals surface area (Å²) in [5, 5.41) is 6.07. The smallest absolute Gasteiger partial charge is 0.333 e. The van der Waals surface area contributed by atoms with Gasteiger partial charge in [-0.15, -0.1) is 0 Å². The maximum atomic E-state index is 12.7. The second-order valence-electron chi connectivity index (χ2n) is 6.27. The Morgan fingerprint density at radius 2 is 2.12 bits per heavy atom. The number of amidine groups is 1. The zero-order valence-electron chi connectivity index (χ0n) is 13.9. The Labute approximate surface area is 145 Å². The van der Waals surface area contributed by atoms with Crippen LogP contribution in [0.1, 0.15) is 24.6 Å². The Morgan fingerprint density at radius 1 is 1.32 bits per heavy atom. The molecule has 4 amide bonds. The second kappa shape index (κ2) is 6.32. The van der Waals surface area contributed by atoms with Gasteiger partial charge in [0.25, 0.3) is 0 Å². The molecule has 2 saturated heterocycles. The van der Waals surface area contributed by atoms with Gasteiger partial charge in [-0.1, -0.05) is 0 Å². The number of aliphatic imine (C=N–C) groups is 1. The van der Waals surface area contributed by atoms with Gasteiger partial charge in [0.1, 0.15) is 23.8 Å². The summed E-state index contributed by atoms with van der Waals surface area (Å²) in [6.45, 7) is 1.86. The maximum absolute atomic E-state index is 12.7. The summed E-state index contributed by atoms with van der Waals surface area (Å²) >= 11 is 0. The Kier molecular flexibility index (Phi) is 4.00. The lowest BCUT2D eigenvalue weighted by Gasteiger charge is -2.27. The van der Waals surface area contributed by atoms with E-state index in [1.54, 1.807) is 24.4 Å². The second-order valence-corrected chi connectivity index (χ2v) is 6.27. The first-order chi connectivity index (χ1) is 12.2. The largest absolute Gasteiger partial charge is 0.495 e. The van der Waals surface area contributed by atoms with Crippen LogP contribution in [-0.4, -0.2) is 65.5 Å². The predicted molar refractivity (Wildman–Crippen MR) is 89.3 cm³/mol. The fourth-order valence-corrected chi connectivity index (χ4v) is 3.36. The molecule has 0 bridgehead atoms. The number of fused-ring (bicyclic) bond motifs is 1. The van der Waals surface area contributed by atoms with Gasteiger partial charge in [0.15, 0.2) is 0 Å². The molecule has 2 N–H and O–H groups in total. The van der Waals surface area contributed by atoms with Gasteiger partial charge in [-0.3, -0.25) is 10.3 Å². The molecule has 1 aromatic heterocycles. The zero-order valence-corrected chi connectivity index (χ0v) is 13.9. The zero-order chi connectivity index (χ0) is 17.4. The van der Waals surface area contributed by atoms with E-state index < -0.39 is 6.03 Å². The molecule has 2 fully saturated rings. The van der Waals surface area contributed by atoms with Gasteiger partial charge in [0.2, 0.25) is 0 Å². The highest BCUT2D eigenvalue weighted by Gasteiger charge is 2.44. The minimum atomic E-state index is -0.410. The summed E-state index contributed by atoms with van der Waals surface area (Å²) < 4.78 is 5.20. The third-order valence-electron chi connectivity index (χ3n) is 4.67. The van der Waals surface area contributed by atoms with Crippen molar-refractivity contribution in [1.82, 2.24) is 25.4 Å². The van der Waals surface area contributed by atoms with Crippen molar-refractivity contribution in [2.45, 2.75) is 25.0 Å². The molecule has 0 radical (unpaired) electrons. The fraction of sp³-hybridized carbons (Fsp3) is 0.500. The monoisotopic (exact) mass is 344 g/mol. The molecular weight excluding hydrogens is 324 g/mol. The van der Waals surface area contributed by atoms with E-state index >= 15 is 0 Å². The number of rotatable bonds is 2. The minimum absolute atomic E-state index is 0.291. The number of pyridine rings is 1. The molecule has 3 aliphatic heterocycles. The van der Waals surface area contributed by atoms with Crippen molar-refractivity contribution >= 4 is 17.9 Å². The summed E-state index contributed by atoms with van der Waals surface area (Å²) in [6, 6.07) is 0.840. The van der Waals surface area contributed by atoms with Crippen LogP contribution in [0.15, 0.2) is 23.5 Å². The van der Waals surface area contributed by atoms with E-state index in [2.05, 4.69) is 20.6 Å². The number of likely N-dealkylation sites (tertiary alicyclic amines) is 1. The van der Waals surface area contributed by atoms with Crippen molar-refractivity contribution in [3.8, 4) is 5.75 Å². The number of carbonyl (C=O) groups excluding carboxylic acids is 2. The van der Waals surface area contributed by atoms with Crippen LogP contribution in [0.2, 0.25) is 0 Å². The molecule has 132 valence electrons. The first kappa shape index (κ1) is 15.8. The highest BCUT2D eigenvalue weighted by molar-refractivity contribution is 6.18. The summed E-state index contributed by atoms with van der Waals surface area (Å²) in [5.41, 5.74) is 0.818. The van der Waals surface area contributed by atoms with E-state index in [4.69, 9.17) is 4.74 Å². The lowest BCUT2D eigenvalue weighted by molar-refractivity contribution is 0.184. The molecule has 4 heterocycles. The van der Waals surface area contributed by atoms with Crippen LogP contribution in [0.25, 0.3) is 0 Å². The number of aromatic nitrogens is 1. The molecule has 1 aromatic rings. The van der Waals surface area contributed by atoms with E-state index in [-0.39, 0.29) is 18.2 Å². The highest BCUT2D eigenvalue weighted by Crippen LogP contribution is 2.25. The quantitative estimate of drug-likeness (QED) is 0.823. The van der Waals surface area contributed by atoms with Gasteiger partial charge in [0, 0.05) is 31.4 Å². The number of urea groups is 2. The molecule has 9 nitrogen and oxygen atoms in total. The number of nitrogens with one attached hydrogen (secondary N) is 2. The Hall–Kier alpha value is -2.68. The first-order valence-electron chi connectivity index (χ1n) is 8.37. The van der Waals surface area contributed by atoms with Gasteiger partial charge in [-0.25, -0.2) is 14.6 Å². The van der Waals surface area contributed by atoms with E-state index in [0.717, 1.165) is 18.4 Å². The average Bonchev–Trinajstić information content (AvgIpc) is 3.28. The van der Waals surface area contributed by atoms with Crippen molar-refractivity contribution in [1.29, 1.82) is 0 Å². The molecule has 0 spiro atoms. The van der Waals surface area contributed by atoms with Crippen molar-refractivity contribution in [2.24, 2.45) is 4.99 Å². The number of hydrogen-bond acceptors (Lipinski definition) is 6. The first-order valence-corrected chi connectivity index (χ1v) is 8.37. The van der Waals surface area contributed by atoms with Crippen molar-refractivity contribution in [2.75, 3.05) is 26.7 Å². The molecule has 0 aromatic carbocycles. The van der Waals surface area contributed by atoms with Crippen LogP contribution in [0.3, 0.4) is 0 Å². The number of nitrogens with zero attached hydrogens (tertiary/aromatic N) is 4. The van der Waals surface area contributed by atoms with Crippen molar-refractivity contribution in [3.05, 3.63) is 24.0 Å². The third kappa shape index (κ3) is 2.80. The van der Waals surface area contributed by atoms with Crippen LogP contribution in [0.5, 0.6) is 5.75 Å². The summed E-state index contributed by atoms with van der Waals surface area (Å²) in [4.78, 5) is 36.7. The third-order valence-corrected chi connectivity index (χ3v) is 4.67. The number of amides is 4. The van der Waals surface area contributed by atoms with Crippen LogP contribution >= 0.6 is 0 Å². The molecule has 4 rings (SSSR count). The van der Waals surface area contributed by atoms with Gasteiger partial charge < -0.3 is 15.0 Å². The number of hydrogen-bond donors (Lipinski definition) is 2. The van der Waals surface area contributed by atoms with Gasteiger partial charge in [-0.05, 0) is 18.9 Å². The van der Waals surface area contributed by atoms with Crippen LogP contribution in [0, 0.1) is 0 Å². The molecule has 2 unspecified atom stereocenters. The normalized spacial score (nSPS) is 25.5. The predicted octanol–water partition coefficient (Wildman–Crippen LogP) is 0.700. The fourth-order valence-electron chi connectivity index (χ4n) is 3.36. The summed E-state index contributed by atoms with van der Waals surface area (Å²) in [5.74, 6) is 1.10. The summed E-state index contributed by atoms with van der Waals surface area (Å²) in [7, 11) is 1.58. The number of methoxy groups -OCH3 is 1.